The Balaban J connectivity index is 2.04. The fraction of sp³-hybridized carbons (Fsp3) is 0.588. The van der Waals surface area contributed by atoms with Crippen LogP contribution in [0.5, 0.6) is 0 Å². The molecule has 1 N–H and O–H groups in total. The third-order valence-corrected chi connectivity index (χ3v) is 4.40. The molecule has 3 heteroatoms. The van der Waals surface area contributed by atoms with Gasteiger partial charge < -0.3 is 5.11 Å². The van der Waals surface area contributed by atoms with Gasteiger partial charge in [0.25, 0.3) is 0 Å². The molecule has 0 spiro atoms. The smallest absolute Gasteiger partial charge is 0.335 e. The van der Waals surface area contributed by atoms with Crippen molar-refractivity contribution in [3.05, 3.63) is 35.4 Å². The number of nitrogens with zero attached hydrogens (tertiary/aromatic N) is 1. The molecule has 1 heterocycles. The van der Waals surface area contributed by atoms with Gasteiger partial charge in [0.2, 0.25) is 0 Å². The minimum Gasteiger partial charge on any atom is -0.478 e. The van der Waals surface area contributed by atoms with Gasteiger partial charge >= 0.3 is 5.97 Å². The average Bonchev–Trinajstić information content (AvgIpc) is 2.43. The zero-order valence-electron chi connectivity index (χ0n) is 12.5. The lowest BCUT2D eigenvalue weighted by Gasteiger charge is -2.40. The average molecular weight is 275 g/mol. The van der Waals surface area contributed by atoms with Crippen molar-refractivity contribution in [1.29, 1.82) is 0 Å². The minimum atomic E-state index is -0.855. The van der Waals surface area contributed by atoms with Crippen LogP contribution in [0.15, 0.2) is 24.3 Å². The summed E-state index contributed by atoms with van der Waals surface area (Å²) >= 11 is 0. The monoisotopic (exact) mass is 275 g/mol. The summed E-state index contributed by atoms with van der Waals surface area (Å²) < 4.78 is 0. The van der Waals surface area contributed by atoms with Crippen molar-refractivity contribution >= 4 is 5.97 Å². The van der Waals surface area contributed by atoms with Crippen molar-refractivity contribution < 1.29 is 9.90 Å². The molecule has 0 bridgehead atoms. The Morgan fingerprint density at radius 1 is 1.35 bits per heavy atom. The number of hydrogen-bond acceptors (Lipinski definition) is 2. The number of carboxylic acid groups (broad SMARTS) is 1. The van der Waals surface area contributed by atoms with E-state index in [9.17, 15) is 4.79 Å². The second-order valence-electron chi connectivity index (χ2n) is 5.95. The Labute approximate surface area is 121 Å². The molecule has 3 nitrogen and oxygen atoms in total. The van der Waals surface area contributed by atoms with E-state index >= 15 is 0 Å². The molecule has 0 radical (unpaired) electrons. The zero-order valence-corrected chi connectivity index (χ0v) is 12.5. The predicted octanol–water partition coefficient (Wildman–Crippen LogP) is 3.79. The first-order valence-electron chi connectivity index (χ1n) is 7.68. The van der Waals surface area contributed by atoms with Crippen LogP contribution in [-0.4, -0.2) is 28.6 Å². The first-order valence-corrected chi connectivity index (χ1v) is 7.68. The van der Waals surface area contributed by atoms with Gasteiger partial charge in [-0.15, -0.1) is 0 Å². The van der Waals surface area contributed by atoms with Crippen LogP contribution in [0, 0.1) is 5.92 Å². The highest BCUT2D eigenvalue weighted by atomic mass is 16.4. The molecule has 0 amide bonds. The van der Waals surface area contributed by atoms with E-state index in [2.05, 4.69) is 18.7 Å². The van der Waals surface area contributed by atoms with E-state index in [1.54, 1.807) is 12.1 Å². The lowest BCUT2D eigenvalue weighted by atomic mass is 9.87. The van der Waals surface area contributed by atoms with Gasteiger partial charge in [0.05, 0.1) is 5.56 Å². The minimum absolute atomic E-state index is 0.367. The molecule has 1 aliphatic rings. The summed E-state index contributed by atoms with van der Waals surface area (Å²) in [4.78, 5) is 13.4. The quantitative estimate of drug-likeness (QED) is 0.889. The molecule has 1 aromatic rings. The number of hydrogen-bond donors (Lipinski definition) is 1. The molecule has 2 rings (SSSR count). The molecular formula is C17H25NO2. The zero-order chi connectivity index (χ0) is 14.5. The first kappa shape index (κ1) is 15.0. The molecule has 2 unspecified atom stereocenters. The number of rotatable bonds is 5. The van der Waals surface area contributed by atoms with Gasteiger partial charge in [0, 0.05) is 12.6 Å². The van der Waals surface area contributed by atoms with E-state index in [1.165, 1.54) is 31.2 Å². The lowest BCUT2D eigenvalue weighted by molar-refractivity contribution is 0.0696. The molecule has 0 saturated carbocycles. The molecular weight excluding hydrogens is 250 g/mol. The topological polar surface area (TPSA) is 40.5 Å². The van der Waals surface area contributed by atoms with Crippen LogP contribution in [0.4, 0.5) is 0 Å². The van der Waals surface area contributed by atoms with Crippen LogP contribution in [-0.2, 0) is 6.54 Å². The summed E-state index contributed by atoms with van der Waals surface area (Å²) in [6, 6.07) is 7.99. The van der Waals surface area contributed by atoms with Gasteiger partial charge in [-0.05, 0) is 49.4 Å². The first-order chi connectivity index (χ1) is 9.61. The number of likely N-dealkylation sites (tertiary alicyclic amines) is 1. The SMILES string of the molecule is CCCC1C(C)CCCN1Cc1ccc(C(=O)O)cc1. The number of carboxylic acids is 1. The van der Waals surface area contributed by atoms with Crippen molar-refractivity contribution in [3.8, 4) is 0 Å². The van der Waals surface area contributed by atoms with Crippen LogP contribution < -0.4 is 0 Å². The van der Waals surface area contributed by atoms with Gasteiger partial charge in [-0.2, -0.15) is 0 Å². The Bertz CT molecular complexity index is 441. The second-order valence-corrected chi connectivity index (χ2v) is 5.95. The Kier molecular flexibility index (Phi) is 5.18. The predicted molar refractivity (Wildman–Crippen MR) is 80.9 cm³/mol. The van der Waals surface area contributed by atoms with E-state index in [-0.39, 0.29) is 0 Å². The van der Waals surface area contributed by atoms with Crippen LogP contribution in [0.2, 0.25) is 0 Å². The second kappa shape index (κ2) is 6.89. The Hall–Kier alpha value is -1.35. The third kappa shape index (κ3) is 3.60. The fourth-order valence-electron chi connectivity index (χ4n) is 3.28. The molecule has 1 saturated heterocycles. The van der Waals surface area contributed by atoms with Crippen LogP contribution in [0.1, 0.15) is 55.5 Å². The van der Waals surface area contributed by atoms with Gasteiger partial charge in [-0.1, -0.05) is 32.4 Å². The summed E-state index contributed by atoms with van der Waals surface area (Å²) in [5.74, 6) is -0.0889. The summed E-state index contributed by atoms with van der Waals surface area (Å²) in [6.07, 6.45) is 5.09. The Morgan fingerprint density at radius 2 is 2.05 bits per heavy atom. The summed E-state index contributed by atoms with van der Waals surface area (Å²) in [7, 11) is 0. The van der Waals surface area contributed by atoms with Gasteiger partial charge in [-0.3, -0.25) is 4.90 Å². The molecule has 110 valence electrons. The van der Waals surface area contributed by atoms with Crippen molar-refractivity contribution in [1.82, 2.24) is 4.90 Å². The lowest BCUT2D eigenvalue weighted by Crippen LogP contribution is -2.43. The van der Waals surface area contributed by atoms with E-state index < -0.39 is 5.97 Å². The molecule has 1 aromatic carbocycles. The van der Waals surface area contributed by atoms with E-state index in [1.807, 2.05) is 12.1 Å². The maximum Gasteiger partial charge on any atom is 0.335 e. The standard InChI is InChI=1S/C17H25NO2/c1-3-5-16-13(2)6-4-11-18(16)12-14-7-9-15(10-8-14)17(19)20/h7-10,13,16H,3-6,11-12H2,1-2H3,(H,19,20). The molecule has 20 heavy (non-hydrogen) atoms. The summed E-state index contributed by atoms with van der Waals surface area (Å²) in [5.41, 5.74) is 1.58. The Morgan fingerprint density at radius 3 is 2.65 bits per heavy atom. The molecule has 2 atom stereocenters. The molecule has 0 aliphatic carbocycles. The van der Waals surface area contributed by atoms with Crippen molar-refractivity contribution in [2.24, 2.45) is 5.92 Å². The van der Waals surface area contributed by atoms with Crippen LogP contribution >= 0.6 is 0 Å². The summed E-state index contributed by atoms with van der Waals surface area (Å²) in [5, 5.41) is 8.93. The largest absolute Gasteiger partial charge is 0.478 e. The number of carbonyl (C=O) groups is 1. The highest BCUT2D eigenvalue weighted by molar-refractivity contribution is 5.87. The normalized spacial score (nSPS) is 23.7. The number of benzene rings is 1. The van der Waals surface area contributed by atoms with E-state index in [4.69, 9.17) is 5.11 Å². The van der Waals surface area contributed by atoms with Crippen LogP contribution in [0.3, 0.4) is 0 Å². The number of aromatic carboxylic acids is 1. The number of piperidine rings is 1. The maximum absolute atomic E-state index is 10.9. The molecule has 1 aliphatic heterocycles. The van der Waals surface area contributed by atoms with E-state index in [0.29, 0.717) is 11.6 Å². The van der Waals surface area contributed by atoms with Gasteiger partial charge in [-0.25, -0.2) is 4.79 Å². The van der Waals surface area contributed by atoms with Gasteiger partial charge in [0.15, 0.2) is 0 Å². The van der Waals surface area contributed by atoms with E-state index in [0.717, 1.165) is 19.0 Å². The fourth-order valence-corrected chi connectivity index (χ4v) is 3.28. The van der Waals surface area contributed by atoms with Crippen molar-refractivity contribution in [3.63, 3.8) is 0 Å². The maximum atomic E-state index is 10.9. The highest BCUT2D eigenvalue weighted by Crippen LogP contribution is 2.27. The molecule has 1 fully saturated rings. The summed E-state index contributed by atoms with van der Waals surface area (Å²) in [6.45, 7) is 6.71. The van der Waals surface area contributed by atoms with Crippen molar-refractivity contribution in [2.75, 3.05) is 6.54 Å². The third-order valence-electron chi connectivity index (χ3n) is 4.40. The highest BCUT2D eigenvalue weighted by Gasteiger charge is 2.27. The van der Waals surface area contributed by atoms with Crippen LogP contribution in [0.25, 0.3) is 0 Å². The molecule has 0 aromatic heterocycles. The van der Waals surface area contributed by atoms with Crippen molar-refractivity contribution in [2.45, 2.75) is 52.1 Å². The van der Waals surface area contributed by atoms with Gasteiger partial charge in [0.1, 0.15) is 0 Å².